The number of sulfonamides is 1. The Balaban J connectivity index is 2.02. The van der Waals surface area contributed by atoms with Gasteiger partial charge in [0, 0.05) is 16.4 Å². The summed E-state index contributed by atoms with van der Waals surface area (Å²) < 4.78 is 27.0. The number of aryl methyl sites for hydroxylation is 1. The molecule has 0 saturated heterocycles. The Kier molecular flexibility index (Phi) is 6.08. The minimum absolute atomic E-state index is 0.313. The molecule has 7 heteroatoms. The number of hydrogen-bond donors (Lipinski definition) is 2. The van der Waals surface area contributed by atoms with Gasteiger partial charge in [-0.2, -0.15) is 0 Å². The summed E-state index contributed by atoms with van der Waals surface area (Å²) >= 11 is 6.03. The fraction of sp³-hybridized carbons (Fsp3) is 0.278. The monoisotopic (exact) mass is 380 g/mol. The molecule has 0 aliphatic rings. The maximum Gasteiger partial charge on any atom is 0.233 e. The van der Waals surface area contributed by atoms with Crippen LogP contribution in [-0.4, -0.2) is 20.1 Å². The van der Waals surface area contributed by atoms with Gasteiger partial charge in [-0.05, 0) is 43.7 Å². The van der Waals surface area contributed by atoms with Crippen molar-refractivity contribution in [3.8, 4) is 0 Å². The molecule has 0 aromatic heterocycles. The molecule has 1 atom stereocenters. The molecule has 0 spiro atoms. The second-order valence-electron chi connectivity index (χ2n) is 6.05. The number of halogens is 1. The topological polar surface area (TPSA) is 75.3 Å². The molecule has 0 saturated carbocycles. The van der Waals surface area contributed by atoms with E-state index in [0.717, 1.165) is 11.1 Å². The summed E-state index contributed by atoms with van der Waals surface area (Å²) in [5.41, 5.74) is 2.83. The SMILES string of the molecule is Cc1ccc(NS(=O)(=O)CC(C)C(=O)Nc2cccc(Cl)c2C)cc1. The van der Waals surface area contributed by atoms with Gasteiger partial charge >= 0.3 is 0 Å². The molecule has 2 aromatic carbocycles. The third-order valence-electron chi connectivity index (χ3n) is 3.77. The molecule has 2 N–H and O–H groups in total. The van der Waals surface area contributed by atoms with Crippen LogP contribution < -0.4 is 10.0 Å². The smallest absolute Gasteiger partial charge is 0.233 e. The summed E-state index contributed by atoms with van der Waals surface area (Å²) in [6.45, 7) is 5.28. The fourth-order valence-corrected chi connectivity index (χ4v) is 3.81. The molecule has 134 valence electrons. The summed E-state index contributed by atoms with van der Waals surface area (Å²) in [5, 5.41) is 3.27. The molecule has 0 radical (unpaired) electrons. The van der Waals surface area contributed by atoms with Gasteiger partial charge in [0.1, 0.15) is 0 Å². The molecule has 0 aliphatic heterocycles. The third kappa shape index (κ3) is 5.47. The van der Waals surface area contributed by atoms with Gasteiger partial charge in [0.15, 0.2) is 0 Å². The standard InChI is InChI=1S/C18H21ClN2O3S/c1-12-7-9-15(10-8-12)21-25(23,24)11-13(2)18(22)20-17-6-4-5-16(19)14(17)3/h4-10,13,21H,11H2,1-3H3,(H,20,22). The van der Waals surface area contributed by atoms with Crippen molar-refractivity contribution in [3.05, 3.63) is 58.6 Å². The van der Waals surface area contributed by atoms with E-state index >= 15 is 0 Å². The van der Waals surface area contributed by atoms with Crippen molar-refractivity contribution in [1.82, 2.24) is 0 Å². The molecule has 2 aromatic rings. The zero-order chi connectivity index (χ0) is 18.6. The highest BCUT2D eigenvalue weighted by Gasteiger charge is 2.22. The number of carbonyl (C=O) groups is 1. The molecule has 0 fully saturated rings. The zero-order valence-corrected chi connectivity index (χ0v) is 15.9. The fourth-order valence-electron chi connectivity index (χ4n) is 2.25. The van der Waals surface area contributed by atoms with E-state index in [2.05, 4.69) is 10.0 Å². The first-order valence-corrected chi connectivity index (χ1v) is 9.84. The summed E-state index contributed by atoms with van der Waals surface area (Å²) in [7, 11) is -3.64. The Morgan fingerprint density at radius 2 is 1.76 bits per heavy atom. The minimum atomic E-state index is -3.64. The highest BCUT2D eigenvalue weighted by atomic mass is 35.5. The molecular weight excluding hydrogens is 360 g/mol. The van der Waals surface area contributed by atoms with E-state index in [1.165, 1.54) is 0 Å². The first kappa shape index (κ1) is 19.3. The Bertz CT molecular complexity index is 864. The molecular formula is C18H21ClN2O3S. The van der Waals surface area contributed by atoms with E-state index in [-0.39, 0.29) is 11.7 Å². The minimum Gasteiger partial charge on any atom is -0.326 e. The van der Waals surface area contributed by atoms with Crippen molar-refractivity contribution in [1.29, 1.82) is 0 Å². The van der Waals surface area contributed by atoms with E-state index in [1.54, 1.807) is 44.2 Å². The number of rotatable bonds is 6. The Morgan fingerprint density at radius 1 is 1.12 bits per heavy atom. The van der Waals surface area contributed by atoms with E-state index < -0.39 is 15.9 Å². The molecule has 1 unspecified atom stereocenters. The zero-order valence-electron chi connectivity index (χ0n) is 14.3. The first-order valence-electron chi connectivity index (χ1n) is 7.81. The van der Waals surface area contributed by atoms with Gasteiger partial charge < -0.3 is 5.32 Å². The van der Waals surface area contributed by atoms with E-state index in [9.17, 15) is 13.2 Å². The molecule has 1 amide bonds. The van der Waals surface area contributed by atoms with Crippen LogP contribution in [0, 0.1) is 19.8 Å². The van der Waals surface area contributed by atoms with Crippen molar-refractivity contribution in [2.24, 2.45) is 5.92 Å². The summed E-state index contributed by atoms with van der Waals surface area (Å²) in [6.07, 6.45) is 0. The Hall–Kier alpha value is -2.05. The number of hydrogen-bond acceptors (Lipinski definition) is 3. The van der Waals surface area contributed by atoms with Crippen LogP contribution in [0.4, 0.5) is 11.4 Å². The highest BCUT2D eigenvalue weighted by molar-refractivity contribution is 7.92. The molecule has 0 bridgehead atoms. The van der Waals surface area contributed by atoms with Gasteiger partial charge in [0.25, 0.3) is 0 Å². The lowest BCUT2D eigenvalue weighted by atomic mass is 10.1. The lowest BCUT2D eigenvalue weighted by molar-refractivity contribution is -0.118. The predicted octanol–water partition coefficient (Wildman–Crippen LogP) is 3.97. The maximum absolute atomic E-state index is 12.3. The molecule has 25 heavy (non-hydrogen) atoms. The third-order valence-corrected chi connectivity index (χ3v) is 5.66. The quantitative estimate of drug-likeness (QED) is 0.796. The van der Waals surface area contributed by atoms with Crippen LogP contribution in [0.15, 0.2) is 42.5 Å². The normalized spacial score (nSPS) is 12.5. The second kappa shape index (κ2) is 7.89. The van der Waals surface area contributed by atoms with Gasteiger partial charge in [-0.1, -0.05) is 42.3 Å². The van der Waals surface area contributed by atoms with Crippen LogP contribution in [0.2, 0.25) is 5.02 Å². The van der Waals surface area contributed by atoms with Crippen LogP contribution in [0.3, 0.4) is 0 Å². The number of anilines is 2. The van der Waals surface area contributed by atoms with Gasteiger partial charge in [-0.3, -0.25) is 9.52 Å². The maximum atomic E-state index is 12.3. The predicted molar refractivity (Wildman–Crippen MR) is 103 cm³/mol. The van der Waals surface area contributed by atoms with E-state index in [1.807, 2.05) is 19.1 Å². The molecule has 5 nitrogen and oxygen atoms in total. The molecule has 0 heterocycles. The van der Waals surface area contributed by atoms with Crippen molar-refractivity contribution in [2.45, 2.75) is 20.8 Å². The van der Waals surface area contributed by atoms with Crippen LogP contribution in [-0.2, 0) is 14.8 Å². The summed E-state index contributed by atoms with van der Waals surface area (Å²) in [6, 6.07) is 12.2. The lowest BCUT2D eigenvalue weighted by Crippen LogP contribution is -2.30. The summed E-state index contributed by atoms with van der Waals surface area (Å²) in [4.78, 5) is 12.3. The van der Waals surface area contributed by atoms with E-state index in [0.29, 0.717) is 16.4 Å². The molecule has 2 rings (SSSR count). The van der Waals surface area contributed by atoms with Crippen LogP contribution >= 0.6 is 11.6 Å². The highest BCUT2D eigenvalue weighted by Crippen LogP contribution is 2.23. The second-order valence-corrected chi connectivity index (χ2v) is 8.23. The van der Waals surface area contributed by atoms with Crippen molar-refractivity contribution < 1.29 is 13.2 Å². The first-order chi connectivity index (χ1) is 11.7. The van der Waals surface area contributed by atoms with Crippen molar-refractivity contribution in [3.63, 3.8) is 0 Å². The number of carbonyl (C=O) groups excluding carboxylic acids is 1. The number of benzene rings is 2. The van der Waals surface area contributed by atoms with Gasteiger partial charge in [-0.15, -0.1) is 0 Å². The van der Waals surface area contributed by atoms with E-state index in [4.69, 9.17) is 11.6 Å². The summed E-state index contributed by atoms with van der Waals surface area (Å²) in [5.74, 6) is -1.41. The van der Waals surface area contributed by atoms with Crippen LogP contribution in [0.25, 0.3) is 0 Å². The van der Waals surface area contributed by atoms with Crippen LogP contribution in [0.5, 0.6) is 0 Å². The average Bonchev–Trinajstić information content (AvgIpc) is 2.53. The van der Waals surface area contributed by atoms with Gasteiger partial charge in [0.05, 0.1) is 11.7 Å². The largest absolute Gasteiger partial charge is 0.326 e. The Morgan fingerprint density at radius 3 is 2.40 bits per heavy atom. The van der Waals surface area contributed by atoms with Gasteiger partial charge in [0.2, 0.25) is 15.9 Å². The van der Waals surface area contributed by atoms with Crippen LogP contribution in [0.1, 0.15) is 18.1 Å². The Labute approximate surface area is 153 Å². The van der Waals surface area contributed by atoms with Gasteiger partial charge in [-0.25, -0.2) is 8.42 Å². The number of amides is 1. The van der Waals surface area contributed by atoms with Crippen molar-refractivity contribution in [2.75, 3.05) is 15.8 Å². The lowest BCUT2D eigenvalue weighted by Gasteiger charge is -2.15. The average molecular weight is 381 g/mol. The molecule has 0 aliphatic carbocycles. The van der Waals surface area contributed by atoms with Crippen molar-refractivity contribution >= 4 is 38.9 Å². The number of nitrogens with one attached hydrogen (secondary N) is 2.